The summed E-state index contributed by atoms with van der Waals surface area (Å²) in [6.45, 7) is 1.12. The summed E-state index contributed by atoms with van der Waals surface area (Å²) < 4.78 is 34.2. The van der Waals surface area contributed by atoms with E-state index in [0.29, 0.717) is 22.1 Å². The molecule has 0 aliphatic carbocycles. The number of carbonyl (C=O) groups is 1. The molecular weight excluding hydrogens is 567 g/mol. The van der Waals surface area contributed by atoms with Gasteiger partial charge in [-0.3, -0.25) is 4.79 Å². The molecule has 38 heavy (non-hydrogen) atoms. The lowest BCUT2D eigenvalue weighted by molar-refractivity contribution is -0.116. The molecule has 0 atom stereocenters. The van der Waals surface area contributed by atoms with Crippen molar-refractivity contribution in [2.24, 2.45) is 0 Å². The van der Waals surface area contributed by atoms with E-state index in [2.05, 4.69) is 5.32 Å². The predicted octanol–water partition coefficient (Wildman–Crippen LogP) is 7.58. The molecule has 0 aromatic heterocycles. The van der Waals surface area contributed by atoms with E-state index < -0.39 is 22.5 Å². The third-order valence-corrected chi connectivity index (χ3v) is 8.31. The fourth-order valence-corrected chi connectivity index (χ4v) is 5.65. The van der Waals surface area contributed by atoms with Gasteiger partial charge in [0.25, 0.3) is 0 Å². The summed E-state index contributed by atoms with van der Waals surface area (Å²) in [5.74, 6) is 0.294. The average Bonchev–Trinajstić information content (AvgIpc) is 2.88. The van der Waals surface area contributed by atoms with E-state index in [1.54, 1.807) is 54.6 Å². The van der Waals surface area contributed by atoms with Crippen LogP contribution in [0.4, 0.5) is 5.69 Å². The zero-order chi connectivity index (χ0) is 27.3. The fourth-order valence-electron chi connectivity index (χ4n) is 3.60. The molecule has 4 rings (SSSR count). The molecule has 196 valence electrons. The predicted molar refractivity (Wildman–Crippen MR) is 152 cm³/mol. The van der Waals surface area contributed by atoms with Gasteiger partial charge in [0.1, 0.15) is 5.75 Å². The number of nitrogens with one attached hydrogen (secondary N) is 1. The van der Waals surface area contributed by atoms with E-state index in [-0.39, 0.29) is 27.2 Å². The summed E-state index contributed by atoms with van der Waals surface area (Å²) in [5, 5.41) is 3.67. The number of nitrogens with zero attached hydrogens (tertiary/aromatic N) is 1. The number of anilines is 1. The number of amides is 1. The molecule has 0 aliphatic heterocycles. The zero-order valence-corrected chi connectivity index (χ0v) is 23.3. The van der Waals surface area contributed by atoms with Crippen LogP contribution in [-0.2, 0) is 21.4 Å². The SMILES string of the molecule is Cc1ccc(S(=O)(=O)N(CC(=O)Nc2cc(Cl)ccc2Oc2ccccc2)Cc2c(Cl)cccc2Cl)cc1. The Labute approximate surface area is 236 Å². The number of carbonyl (C=O) groups excluding carboxylic acids is 1. The monoisotopic (exact) mass is 588 g/mol. The first-order valence-electron chi connectivity index (χ1n) is 11.5. The number of rotatable bonds is 9. The molecule has 0 unspecified atom stereocenters. The second-order valence-electron chi connectivity index (χ2n) is 8.39. The van der Waals surface area contributed by atoms with Gasteiger partial charge >= 0.3 is 0 Å². The maximum Gasteiger partial charge on any atom is 0.243 e. The molecular formula is C28H23Cl3N2O4S. The van der Waals surface area contributed by atoms with E-state index in [4.69, 9.17) is 39.5 Å². The molecule has 1 amide bonds. The van der Waals surface area contributed by atoms with Crippen molar-refractivity contribution in [3.8, 4) is 11.5 Å². The van der Waals surface area contributed by atoms with Gasteiger partial charge in [0, 0.05) is 27.2 Å². The van der Waals surface area contributed by atoms with E-state index >= 15 is 0 Å². The Balaban J connectivity index is 1.64. The van der Waals surface area contributed by atoms with Gasteiger partial charge in [-0.15, -0.1) is 0 Å². The quantitative estimate of drug-likeness (QED) is 0.218. The molecule has 10 heteroatoms. The minimum Gasteiger partial charge on any atom is -0.455 e. The van der Waals surface area contributed by atoms with Crippen LogP contribution < -0.4 is 10.1 Å². The highest BCUT2D eigenvalue weighted by Gasteiger charge is 2.28. The van der Waals surface area contributed by atoms with Crippen LogP contribution in [0.25, 0.3) is 0 Å². The van der Waals surface area contributed by atoms with Crippen molar-refractivity contribution in [1.29, 1.82) is 0 Å². The number of sulfonamides is 1. The molecule has 0 radical (unpaired) electrons. The van der Waals surface area contributed by atoms with E-state index in [0.717, 1.165) is 9.87 Å². The Morgan fingerprint density at radius 3 is 2.18 bits per heavy atom. The highest BCUT2D eigenvalue weighted by molar-refractivity contribution is 7.89. The summed E-state index contributed by atoms with van der Waals surface area (Å²) in [6.07, 6.45) is 0. The van der Waals surface area contributed by atoms with Crippen LogP contribution in [0.1, 0.15) is 11.1 Å². The maximum absolute atomic E-state index is 13.6. The largest absolute Gasteiger partial charge is 0.455 e. The first-order valence-corrected chi connectivity index (χ1v) is 14.0. The minimum absolute atomic E-state index is 0.0370. The van der Waals surface area contributed by atoms with Crippen LogP contribution in [0.3, 0.4) is 0 Å². The molecule has 6 nitrogen and oxygen atoms in total. The van der Waals surface area contributed by atoms with Gasteiger partial charge in [0.2, 0.25) is 15.9 Å². The summed E-state index contributed by atoms with van der Waals surface area (Å²) in [5.41, 5.74) is 1.57. The van der Waals surface area contributed by atoms with Crippen molar-refractivity contribution in [3.63, 3.8) is 0 Å². The lowest BCUT2D eigenvalue weighted by Gasteiger charge is -2.23. The van der Waals surface area contributed by atoms with Crippen LogP contribution in [0.15, 0.2) is 95.9 Å². The Kier molecular flexibility index (Phi) is 8.97. The van der Waals surface area contributed by atoms with Gasteiger partial charge in [0.15, 0.2) is 5.75 Å². The summed E-state index contributed by atoms with van der Waals surface area (Å²) in [7, 11) is -4.11. The van der Waals surface area contributed by atoms with E-state index in [1.807, 2.05) is 25.1 Å². The standard InChI is InChI=1S/C28H23Cl3N2O4S/c1-19-10-13-22(14-11-19)38(35,36)33(17-23-24(30)8-5-9-25(23)31)18-28(34)32-26-16-20(29)12-15-27(26)37-21-6-3-2-4-7-21/h2-16H,17-18H2,1H3,(H,32,34). The summed E-state index contributed by atoms with van der Waals surface area (Å²) in [4.78, 5) is 13.3. The second-order valence-corrected chi connectivity index (χ2v) is 11.6. The third-order valence-electron chi connectivity index (χ3n) is 5.56. The van der Waals surface area contributed by atoms with Gasteiger partial charge in [-0.2, -0.15) is 4.31 Å². The lowest BCUT2D eigenvalue weighted by Crippen LogP contribution is -2.37. The molecule has 0 fully saturated rings. The molecule has 1 N–H and O–H groups in total. The van der Waals surface area contributed by atoms with Crippen LogP contribution in [0.2, 0.25) is 15.1 Å². The van der Waals surface area contributed by atoms with Crippen LogP contribution in [0.5, 0.6) is 11.5 Å². The van der Waals surface area contributed by atoms with Gasteiger partial charge in [-0.1, -0.05) is 76.8 Å². The lowest BCUT2D eigenvalue weighted by atomic mass is 10.2. The summed E-state index contributed by atoms with van der Waals surface area (Å²) >= 11 is 18.8. The van der Waals surface area contributed by atoms with Crippen molar-refractivity contribution in [1.82, 2.24) is 4.31 Å². The van der Waals surface area contributed by atoms with Crippen LogP contribution >= 0.6 is 34.8 Å². The topological polar surface area (TPSA) is 75.7 Å². The van der Waals surface area contributed by atoms with Crippen molar-refractivity contribution < 1.29 is 17.9 Å². The minimum atomic E-state index is -4.11. The highest BCUT2D eigenvalue weighted by atomic mass is 35.5. The first-order chi connectivity index (χ1) is 18.1. The fraction of sp³-hybridized carbons (Fsp3) is 0.107. The molecule has 4 aromatic carbocycles. The molecule has 0 saturated carbocycles. The zero-order valence-electron chi connectivity index (χ0n) is 20.2. The highest BCUT2D eigenvalue weighted by Crippen LogP contribution is 2.33. The van der Waals surface area contributed by atoms with Gasteiger partial charge in [0.05, 0.1) is 17.1 Å². The van der Waals surface area contributed by atoms with Gasteiger partial charge in [-0.25, -0.2) is 8.42 Å². The molecule has 0 aliphatic rings. The Hall–Kier alpha value is -3.07. The van der Waals surface area contributed by atoms with Crippen LogP contribution in [-0.4, -0.2) is 25.2 Å². The normalized spacial score (nSPS) is 11.4. The number of hydrogen-bond donors (Lipinski definition) is 1. The number of ether oxygens (including phenoxy) is 1. The van der Waals surface area contributed by atoms with Gasteiger partial charge in [-0.05, 0) is 61.5 Å². The van der Waals surface area contributed by atoms with Crippen molar-refractivity contribution in [2.45, 2.75) is 18.4 Å². The van der Waals surface area contributed by atoms with E-state index in [9.17, 15) is 13.2 Å². The number of benzene rings is 4. The maximum atomic E-state index is 13.6. The average molecular weight is 590 g/mol. The smallest absolute Gasteiger partial charge is 0.243 e. The number of para-hydroxylation sites is 1. The van der Waals surface area contributed by atoms with Crippen LogP contribution in [0, 0.1) is 6.92 Å². The van der Waals surface area contributed by atoms with Crippen molar-refractivity contribution in [2.75, 3.05) is 11.9 Å². The first kappa shape index (κ1) is 28.0. The molecule has 4 aromatic rings. The van der Waals surface area contributed by atoms with Crippen molar-refractivity contribution >= 4 is 56.4 Å². The summed E-state index contributed by atoms with van der Waals surface area (Å²) in [6, 6.07) is 25.0. The number of aryl methyl sites for hydroxylation is 1. The Bertz CT molecular complexity index is 1530. The Morgan fingerprint density at radius 1 is 0.868 bits per heavy atom. The van der Waals surface area contributed by atoms with E-state index in [1.165, 1.54) is 18.2 Å². The Morgan fingerprint density at radius 2 is 1.53 bits per heavy atom. The number of hydrogen-bond acceptors (Lipinski definition) is 4. The molecule has 0 saturated heterocycles. The van der Waals surface area contributed by atoms with Crippen molar-refractivity contribution in [3.05, 3.63) is 117 Å². The third kappa shape index (κ3) is 6.87. The molecule has 0 bridgehead atoms. The molecule has 0 spiro atoms. The molecule has 0 heterocycles. The van der Waals surface area contributed by atoms with Gasteiger partial charge < -0.3 is 10.1 Å². The second kappa shape index (κ2) is 12.2. The number of halogens is 3.